The maximum absolute atomic E-state index is 4.31. The summed E-state index contributed by atoms with van der Waals surface area (Å²) in [6, 6.07) is 7.69. The van der Waals surface area contributed by atoms with Gasteiger partial charge in [0.25, 0.3) is 0 Å². The first kappa shape index (κ1) is 14.2. The molecule has 1 N–H and O–H groups in total. The number of hydrogen-bond donors (Lipinski definition) is 1. The molecule has 0 spiro atoms. The molecule has 114 valence electrons. The van der Waals surface area contributed by atoms with Gasteiger partial charge >= 0.3 is 0 Å². The van der Waals surface area contributed by atoms with Crippen molar-refractivity contribution in [1.29, 1.82) is 0 Å². The van der Waals surface area contributed by atoms with Gasteiger partial charge < -0.3 is 5.32 Å². The highest BCUT2D eigenvalue weighted by atomic mass is 15.3. The summed E-state index contributed by atoms with van der Waals surface area (Å²) in [7, 11) is 0. The smallest absolute Gasteiger partial charge is 0.175 e. The summed E-state index contributed by atoms with van der Waals surface area (Å²) in [6.07, 6.45) is 5.64. The van der Waals surface area contributed by atoms with Gasteiger partial charge in [0, 0.05) is 31.7 Å². The Bertz CT molecular complexity index is 700. The first-order valence-electron chi connectivity index (χ1n) is 7.28. The molecule has 0 saturated heterocycles. The predicted molar refractivity (Wildman–Crippen MR) is 83.8 cm³/mol. The molecule has 3 rings (SSSR count). The normalized spacial score (nSPS) is 12.3. The number of rotatable bonds is 6. The van der Waals surface area contributed by atoms with Gasteiger partial charge in [-0.05, 0) is 37.1 Å². The first-order chi connectivity index (χ1) is 10.7. The van der Waals surface area contributed by atoms with E-state index in [1.807, 2.05) is 48.3 Å². The number of aromatic nitrogens is 6. The second kappa shape index (κ2) is 6.38. The van der Waals surface area contributed by atoms with E-state index < -0.39 is 0 Å². The van der Waals surface area contributed by atoms with Gasteiger partial charge in [-0.2, -0.15) is 10.2 Å². The molecule has 0 radical (unpaired) electrons. The van der Waals surface area contributed by atoms with Crippen LogP contribution < -0.4 is 5.32 Å². The van der Waals surface area contributed by atoms with E-state index in [2.05, 4.69) is 32.6 Å². The van der Waals surface area contributed by atoms with Crippen molar-refractivity contribution in [2.24, 2.45) is 5.92 Å². The van der Waals surface area contributed by atoms with Gasteiger partial charge in [-0.15, -0.1) is 10.2 Å². The molecule has 0 amide bonds. The standard InChI is InChI=1S/C15H19N7/c1-12(11-21-8-3-7-17-21)10-16-14-4-5-15(19-18-14)22-9-6-13(2)20-22/h3-9,12H,10-11H2,1-2H3,(H,16,18)/t12-/m0/s1. The quantitative estimate of drug-likeness (QED) is 0.752. The maximum Gasteiger partial charge on any atom is 0.175 e. The maximum atomic E-state index is 4.31. The Hall–Kier alpha value is -2.70. The number of nitrogens with one attached hydrogen (secondary N) is 1. The van der Waals surface area contributed by atoms with E-state index in [0.717, 1.165) is 24.6 Å². The fourth-order valence-corrected chi connectivity index (χ4v) is 2.16. The van der Waals surface area contributed by atoms with E-state index in [9.17, 15) is 0 Å². The van der Waals surface area contributed by atoms with E-state index in [0.29, 0.717) is 11.7 Å². The van der Waals surface area contributed by atoms with Crippen molar-refractivity contribution in [1.82, 2.24) is 29.8 Å². The molecule has 0 aromatic carbocycles. The van der Waals surface area contributed by atoms with Crippen molar-refractivity contribution in [3.63, 3.8) is 0 Å². The zero-order chi connectivity index (χ0) is 15.4. The Labute approximate surface area is 129 Å². The Balaban J connectivity index is 1.55. The zero-order valence-electron chi connectivity index (χ0n) is 12.7. The molecule has 3 aromatic heterocycles. The van der Waals surface area contributed by atoms with Gasteiger partial charge in [-0.25, -0.2) is 4.68 Å². The lowest BCUT2D eigenvalue weighted by atomic mass is 10.2. The second-order valence-corrected chi connectivity index (χ2v) is 5.39. The highest BCUT2D eigenvalue weighted by molar-refractivity contribution is 5.36. The van der Waals surface area contributed by atoms with Crippen LogP contribution in [-0.2, 0) is 6.54 Å². The van der Waals surface area contributed by atoms with E-state index >= 15 is 0 Å². The van der Waals surface area contributed by atoms with Crippen molar-refractivity contribution < 1.29 is 0 Å². The van der Waals surface area contributed by atoms with Gasteiger partial charge in [-0.3, -0.25) is 4.68 Å². The summed E-state index contributed by atoms with van der Waals surface area (Å²) < 4.78 is 3.65. The van der Waals surface area contributed by atoms with Gasteiger partial charge in [0.15, 0.2) is 5.82 Å². The Kier molecular flexibility index (Phi) is 4.13. The third-order valence-corrected chi connectivity index (χ3v) is 3.30. The SMILES string of the molecule is Cc1ccn(-c2ccc(NC[C@H](C)Cn3cccn3)nn2)n1. The van der Waals surface area contributed by atoms with Gasteiger partial charge in [0.05, 0.1) is 5.69 Å². The van der Waals surface area contributed by atoms with Gasteiger partial charge in [0.1, 0.15) is 5.82 Å². The van der Waals surface area contributed by atoms with Crippen LogP contribution in [0.3, 0.4) is 0 Å². The van der Waals surface area contributed by atoms with Crippen LogP contribution in [0.4, 0.5) is 5.82 Å². The lowest BCUT2D eigenvalue weighted by molar-refractivity contribution is 0.467. The molecule has 3 aromatic rings. The largest absolute Gasteiger partial charge is 0.368 e. The lowest BCUT2D eigenvalue weighted by Gasteiger charge is -2.13. The molecule has 0 aliphatic carbocycles. The van der Waals surface area contributed by atoms with Crippen molar-refractivity contribution >= 4 is 5.82 Å². The monoisotopic (exact) mass is 297 g/mol. The fraction of sp³-hybridized carbons (Fsp3) is 0.333. The van der Waals surface area contributed by atoms with Crippen molar-refractivity contribution in [2.75, 3.05) is 11.9 Å². The summed E-state index contributed by atoms with van der Waals surface area (Å²) in [5.41, 5.74) is 0.955. The van der Waals surface area contributed by atoms with Crippen LogP contribution in [0.15, 0.2) is 42.9 Å². The van der Waals surface area contributed by atoms with Crippen LogP contribution in [0.1, 0.15) is 12.6 Å². The molecule has 0 bridgehead atoms. The molecule has 3 heterocycles. The molecule has 7 heteroatoms. The minimum absolute atomic E-state index is 0.440. The molecular formula is C15H19N7. The Morgan fingerprint density at radius 3 is 2.73 bits per heavy atom. The van der Waals surface area contributed by atoms with Crippen molar-refractivity contribution in [3.05, 3.63) is 48.5 Å². The average molecular weight is 297 g/mol. The number of nitrogens with zero attached hydrogens (tertiary/aromatic N) is 6. The molecular weight excluding hydrogens is 278 g/mol. The van der Waals surface area contributed by atoms with E-state index in [1.54, 1.807) is 10.9 Å². The molecule has 0 saturated carbocycles. The van der Waals surface area contributed by atoms with Crippen molar-refractivity contribution in [3.8, 4) is 5.82 Å². The number of aryl methyl sites for hydroxylation is 1. The third kappa shape index (κ3) is 3.49. The van der Waals surface area contributed by atoms with Crippen LogP contribution >= 0.6 is 0 Å². The molecule has 1 atom stereocenters. The molecule has 0 fully saturated rings. The van der Waals surface area contributed by atoms with Crippen LogP contribution in [0.2, 0.25) is 0 Å². The number of anilines is 1. The molecule has 0 unspecified atom stereocenters. The van der Waals surface area contributed by atoms with Crippen LogP contribution in [0.25, 0.3) is 5.82 Å². The minimum Gasteiger partial charge on any atom is -0.368 e. The molecule has 7 nitrogen and oxygen atoms in total. The summed E-state index contributed by atoms with van der Waals surface area (Å²) in [5, 5.41) is 20.2. The molecule has 0 aliphatic rings. The first-order valence-corrected chi connectivity index (χ1v) is 7.28. The topological polar surface area (TPSA) is 73.5 Å². The van der Waals surface area contributed by atoms with Crippen LogP contribution in [0, 0.1) is 12.8 Å². The summed E-state index contributed by atoms with van der Waals surface area (Å²) in [6.45, 7) is 5.80. The molecule has 22 heavy (non-hydrogen) atoms. The highest BCUT2D eigenvalue weighted by Crippen LogP contribution is 2.08. The van der Waals surface area contributed by atoms with E-state index in [4.69, 9.17) is 0 Å². The second-order valence-electron chi connectivity index (χ2n) is 5.39. The average Bonchev–Trinajstić information content (AvgIpc) is 3.17. The van der Waals surface area contributed by atoms with Gasteiger partial charge in [0.2, 0.25) is 0 Å². The molecule has 0 aliphatic heterocycles. The van der Waals surface area contributed by atoms with E-state index in [1.165, 1.54) is 0 Å². The Morgan fingerprint density at radius 1 is 1.18 bits per heavy atom. The van der Waals surface area contributed by atoms with Crippen LogP contribution in [-0.4, -0.2) is 36.3 Å². The highest BCUT2D eigenvalue weighted by Gasteiger charge is 2.05. The predicted octanol–water partition coefficient (Wildman–Crippen LogP) is 1.92. The van der Waals surface area contributed by atoms with Gasteiger partial charge in [-0.1, -0.05) is 6.92 Å². The van der Waals surface area contributed by atoms with Crippen LogP contribution in [0.5, 0.6) is 0 Å². The van der Waals surface area contributed by atoms with Crippen molar-refractivity contribution in [2.45, 2.75) is 20.4 Å². The summed E-state index contributed by atoms with van der Waals surface area (Å²) in [4.78, 5) is 0. The Morgan fingerprint density at radius 2 is 2.09 bits per heavy atom. The lowest BCUT2D eigenvalue weighted by Crippen LogP contribution is -2.18. The minimum atomic E-state index is 0.440. The summed E-state index contributed by atoms with van der Waals surface area (Å²) >= 11 is 0. The van der Waals surface area contributed by atoms with E-state index in [-0.39, 0.29) is 0 Å². The number of hydrogen-bond acceptors (Lipinski definition) is 5. The fourth-order valence-electron chi connectivity index (χ4n) is 2.16. The zero-order valence-corrected chi connectivity index (χ0v) is 12.7. The third-order valence-electron chi connectivity index (χ3n) is 3.30. The summed E-state index contributed by atoms with van der Waals surface area (Å²) in [5.74, 6) is 1.92.